The van der Waals surface area contributed by atoms with Crippen LogP contribution in [0, 0.1) is 17.5 Å². The molecule has 11 heteroatoms. The van der Waals surface area contributed by atoms with E-state index in [4.69, 9.17) is 9.84 Å². The van der Waals surface area contributed by atoms with Crippen LogP contribution in [0.3, 0.4) is 0 Å². The number of aliphatic carboxylic acids is 1. The molecule has 5 N–H and O–H groups in total. The van der Waals surface area contributed by atoms with Crippen molar-refractivity contribution >= 4 is 17.6 Å². The van der Waals surface area contributed by atoms with Crippen molar-refractivity contribution in [2.24, 2.45) is 0 Å². The van der Waals surface area contributed by atoms with Crippen LogP contribution in [0.15, 0.2) is 24.3 Å². The van der Waals surface area contributed by atoms with Crippen molar-refractivity contribution in [3.05, 3.63) is 52.8 Å². The first-order chi connectivity index (χ1) is 14.9. The Morgan fingerprint density at radius 3 is 2.44 bits per heavy atom. The average Bonchev–Trinajstić information content (AvgIpc) is 2.68. The summed E-state index contributed by atoms with van der Waals surface area (Å²) in [6, 6.07) is 4.08. The van der Waals surface area contributed by atoms with Crippen LogP contribution in [-0.4, -0.2) is 45.4 Å². The monoisotopic (exact) mass is 454 g/mol. The van der Waals surface area contributed by atoms with Gasteiger partial charge in [0.15, 0.2) is 23.2 Å². The number of hydrogen-bond acceptors (Lipinski definition) is 6. The van der Waals surface area contributed by atoms with E-state index < -0.39 is 47.1 Å². The number of aromatic hydroxyl groups is 1. The molecule has 32 heavy (non-hydrogen) atoms. The van der Waals surface area contributed by atoms with Gasteiger partial charge in [-0.3, -0.25) is 4.79 Å². The zero-order valence-electron chi connectivity index (χ0n) is 17.1. The van der Waals surface area contributed by atoms with Gasteiger partial charge in [-0.15, -0.1) is 0 Å². The summed E-state index contributed by atoms with van der Waals surface area (Å²) in [6.07, 6.45) is -3.06. The molecule has 2 aromatic carbocycles. The summed E-state index contributed by atoms with van der Waals surface area (Å²) in [4.78, 5) is 23.1. The van der Waals surface area contributed by atoms with Crippen LogP contribution in [0.1, 0.15) is 31.1 Å². The Hall–Kier alpha value is -3.31. The Labute approximate surface area is 180 Å². The van der Waals surface area contributed by atoms with Crippen LogP contribution in [0.4, 0.5) is 18.9 Å². The second-order valence-electron chi connectivity index (χ2n) is 8.07. The number of hydrogen-bond donors (Lipinski definition) is 5. The van der Waals surface area contributed by atoms with Crippen molar-refractivity contribution < 1.29 is 42.8 Å². The highest BCUT2D eigenvalue weighted by Gasteiger charge is 2.36. The lowest BCUT2D eigenvalue weighted by atomic mass is 9.94. The zero-order valence-corrected chi connectivity index (χ0v) is 17.1. The first kappa shape index (κ1) is 23.4. The molecule has 172 valence electrons. The SMILES string of the molecule is CC(C)(Cc1cc(F)c(F)c(F)c1)NCC(O)c1cc(O)cc2c1OC(C(=O)O)C(=O)N2. The number of phenols is 1. The van der Waals surface area contributed by atoms with E-state index in [9.17, 15) is 33.0 Å². The highest BCUT2D eigenvalue weighted by atomic mass is 19.2. The number of β-amino-alcohol motifs (C(OH)–C–C–N with tert-alkyl or cyclic N) is 1. The van der Waals surface area contributed by atoms with Crippen molar-refractivity contribution in [3.8, 4) is 11.5 Å². The quantitative estimate of drug-likeness (QED) is 0.321. The van der Waals surface area contributed by atoms with Crippen LogP contribution in [-0.2, 0) is 16.0 Å². The zero-order chi connectivity index (χ0) is 23.8. The van der Waals surface area contributed by atoms with Gasteiger partial charge in [-0.05, 0) is 44.0 Å². The lowest BCUT2D eigenvalue weighted by Gasteiger charge is -2.30. The third-order valence-electron chi connectivity index (χ3n) is 4.88. The Morgan fingerprint density at radius 2 is 1.84 bits per heavy atom. The Morgan fingerprint density at radius 1 is 1.22 bits per heavy atom. The smallest absolute Gasteiger partial charge is 0.354 e. The number of aliphatic hydroxyl groups excluding tert-OH is 1. The summed E-state index contributed by atoms with van der Waals surface area (Å²) in [5, 5.41) is 35.0. The van der Waals surface area contributed by atoms with Gasteiger partial charge in [0, 0.05) is 23.7 Å². The number of carboxylic acid groups (broad SMARTS) is 1. The van der Waals surface area contributed by atoms with E-state index in [1.165, 1.54) is 6.07 Å². The molecule has 1 aliphatic rings. The van der Waals surface area contributed by atoms with E-state index in [0.29, 0.717) is 0 Å². The van der Waals surface area contributed by atoms with Crippen molar-refractivity contribution in [2.45, 2.75) is 38.0 Å². The van der Waals surface area contributed by atoms with Gasteiger partial charge in [0.1, 0.15) is 5.75 Å². The fourth-order valence-electron chi connectivity index (χ4n) is 3.41. The molecule has 1 amide bonds. The number of amides is 1. The van der Waals surface area contributed by atoms with Crippen molar-refractivity contribution in [3.63, 3.8) is 0 Å². The number of carbonyl (C=O) groups excluding carboxylic acids is 1. The molecule has 3 rings (SSSR count). The number of nitrogens with one attached hydrogen (secondary N) is 2. The van der Waals surface area contributed by atoms with Gasteiger partial charge in [-0.2, -0.15) is 0 Å². The number of benzene rings is 2. The minimum Gasteiger partial charge on any atom is -0.508 e. The standard InChI is InChI=1S/C21H21F3N2O6/c1-21(2,7-9-3-12(22)16(24)13(23)4-9)25-8-15(28)11-5-10(27)6-14-17(11)32-18(20(30)31)19(29)26-14/h3-6,15,18,25,27-28H,7-8H2,1-2H3,(H,26,29)(H,30,31). The molecule has 2 unspecified atom stereocenters. The fraction of sp³-hybridized carbons (Fsp3) is 0.333. The van der Waals surface area contributed by atoms with Gasteiger partial charge >= 0.3 is 5.97 Å². The summed E-state index contributed by atoms with van der Waals surface area (Å²) in [5.41, 5.74) is -0.599. The second-order valence-corrected chi connectivity index (χ2v) is 8.07. The normalized spacial score (nSPS) is 16.7. The topological polar surface area (TPSA) is 128 Å². The molecule has 0 radical (unpaired) electrons. The molecule has 8 nitrogen and oxygen atoms in total. The van der Waals surface area contributed by atoms with Crippen LogP contribution in [0.25, 0.3) is 0 Å². The largest absolute Gasteiger partial charge is 0.508 e. The molecule has 0 bridgehead atoms. The number of fused-ring (bicyclic) bond motifs is 1. The summed E-state index contributed by atoms with van der Waals surface area (Å²) in [7, 11) is 0. The fourth-order valence-corrected chi connectivity index (χ4v) is 3.41. The molecule has 0 aliphatic carbocycles. The van der Waals surface area contributed by atoms with Gasteiger partial charge in [0.2, 0.25) is 0 Å². The minimum absolute atomic E-state index is 0.00178. The van der Waals surface area contributed by atoms with E-state index >= 15 is 0 Å². The summed E-state index contributed by atoms with van der Waals surface area (Å²) < 4.78 is 45.4. The molecule has 1 aliphatic heterocycles. The van der Waals surface area contributed by atoms with E-state index in [1.54, 1.807) is 13.8 Å². The van der Waals surface area contributed by atoms with Crippen LogP contribution in [0.5, 0.6) is 11.5 Å². The number of rotatable bonds is 7. The minimum atomic E-state index is -1.83. The maximum atomic E-state index is 13.5. The van der Waals surface area contributed by atoms with E-state index in [2.05, 4.69) is 10.6 Å². The van der Waals surface area contributed by atoms with Gasteiger partial charge in [0.05, 0.1) is 11.8 Å². The van der Waals surface area contributed by atoms with Gasteiger partial charge in [-0.25, -0.2) is 18.0 Å². The summed E-state index contributed by atoms with van der Waals surface area (Å²) >= 11 is 0. The average molecular weight is 454 g/mol. The van der Waals surface area contributed by atoms with Crippen LogP contribution >= 0.6 is 0 Å². The molecule has 0 spiro atoms. The molecular formula is C21H21F3N2O6. The Bertz CT molecular complexity index is 1050. The number of ether oxygens (including phenoxy) is 1. The van der Waals surface area contributed by atoms with E-state index in [0.717, 1.165) is 18.2 Å². The predicted molar refractivity (Wildman–Crippen MR) is 106 cm³/mol. The third kappa shape index (κ3) is 4.94. The number of anilines is 1. The first-order valence-corrected chi connectivity index (χ1v) is 9.51. The Kier molecular flexibility index (Phi) is 6.33. The maximum absolute atomic E-state index is 13.5. The predicted octanol–water partition coefficient (Wildman–Crippen LogP) is 2.24. The summed E-state index contributed by atoms with van der Waals surface area (Å²) in [6.45, 7) is 3.24. The second kappa shape index (κ2) is 8.67. The number of phenolic OH excluding ortho intramolecular Hbond substituents is 1. The van der Waals surface area contributed by atoms with Crippen LogP contribution < -0.4 is 15.4 Å². The van der Waals surface area contributed by atoms with Gasteiger partial charge in [-0.1, -0.05) is 0 Å². The lowest BCUT2D eigenvalue weighted by Crippen LogP contribution is -2.44. The maximum Gasteiger partial charge on any atom is 0.354 e. The molecule has 1 heterocycles. The van der Waals surface area contributed by atoms with Gasteiger partial charge in [0.25, 0.3) is 12.0 Å². The van der Waals surface area contributed by atoms with Crippen molar-refractivity contribution in [1.82, 2.24) is 5.32 Å². The van der Waals surface area contributed by atoms with Crippen molar-refractivity contribution in [2.75, 3.05) is 11.9 Å². The number of carboxylic acids is 1. The summed E-state index contributed by atoms with van der Waals surface area (Å²) in [5.74, 6) is -7.05. The highest BCUT2D eigenvalue weighted by Crippen LogP contribution is 2.40. The Balaban J connectivity index is 1.77. The molecule has 0 saturated heterocycles. The van der Waals surface area contributed by atoms with E-state index in [-0.39, 0.29) is 41.3 Å². The first-order valence-electron chi connectivity index (χ1n) is 9.51. The van der Waals surface area contributed by atoms with Gasteiger partial charge < -0.3 is 30.7 Å². The van der Waals surface area contributed by atoms with Crippen LogP contribution in [0.2, 0.25) is 0 Å². The lowest BCUT2D eigenvalue weighted by molar-refractivity contribution is -0.149. The molecular weight excluding hydrogens is 433 g/mol. The number of halogens is 3. The number of carbonyl (C=O) groups is 2. The van der Waals surface area contributed by atoms with Crippen molar-refractivity contribution in [1.29, 1.82) is 0 Å². The molecule has 0 aromatic heterocycles. The molecule has 2 aromatic rings. The molecule has 2 atom stereocenters. The molecule has 0 fully saturated rings. The van der Waals surface area contributed by atoms with E-state index in [1.807, 2.05) is 0 Å². The third-order valence-corrected chi connectivity index (χ3v) is 4.88. The highest BCUT2D eigenvalue weighted by molar-refractivity contribution is 6.09. The number of aliphatic hydroxyl groups is 1. The molecule has 0 saturated carbocycles.